The SMILES string of the molecule is CCO[PH](CC)(CC)Oc1ccccc1OC. The first-order chi connectivity index (χ1) is 8.21. The Morgan fingerprint density at radius 1 is 1.00 bits per heavy atom. The second-order valence-electron chi connectivity index (χ2n) is 3.80. The number of para-hydroxylation sites is 2. The van der Waals surface area contributed by atoms with Gasteiger partial charge in [-0.15, -0.1) is 0 Å². The molecule has 1 aromatic carbocycles. The van der Waals surface area contributed by atoms with Gasteiger partial charge in [0.05, 0.1) is 0 Å². The van der Waals surface area contributed by atoms with Gasteiger partial charge < -0.3 is 0 Å². The molecule has 0 aliphatic heterocycles. The zero-order chi connectivity index (χ0) is 12.7. The van der Waals surface area contributed by atoms with Crippen molar-refractivity contribution in [3.8, 4) is 11.5 Å². The van der Waals surface area contributed by atoms with Crippen LogP contribution in [0.1, 0.15) is 20.8 Å². The second-order valence-corrected chi connectivity index (χ2v) is 7.53. The van der Waals surface area contributed by atoms with Gasteiger partial charge in [0, 0.05) is 0 Å². The Labute approximate surface area is 105 Å². The van der Waals surface area contributed by atoms with E-state index in [0.717, 1.165) is 23.8 Å². The minimum atomic E-state index is -2.11. The summed E-state index contributed by atoms with van der Waals surface area (Å²) < 4.78 is 17.3. The number of methoxy groups -OCH3 is 1. The Morgan fingerprint density at radius 2 is 1.59 bits per heavy atom. The third-order valence-electron chi connectivity index (χ3n) is 2.85. The molecule has 3 nitrogen and oxygen atoms in total. The minimum absolute atomic E-state index is 0.697. The summed E-state index contributed by atoms with van der Waals surface area (Å²) in [6, 6.07) is 7.73. The molecule has 0 aromatic heterocycles. The van der Waals surface area contributed by atoms with Gasteiger partial charge in [0.15, 0.2) is 0 Å². The molecule has 4 heteroatoms. The van der Waals surface area contributed by atoms with Gasteiger partial charge in [-0.2, -0.15) is 0 Å². The van der Waals surface area contributed by atoms with Crippen molar-refractivity contribution >= 4 is 7.72 Å². The number of benzene rings is 1. The summed E-state index contributed by atoms with van der Waals surface area (Å²) in [4.78, 5) is 0. The average Bonchev–Trinajstić information content (AvgIpc) is 2.38. The Kier molecular flexibility index (Phi) is 5.73. The normalized spacial score (nSPS) is 12.2. The molecule has 1 aromatic rings. The van der Waals surface area contributed by atoms with E-state index in [2.05, 4.69) is 13.8 Å². The van der Waals surface area contributed by atoms with E-state index in [1.54, 1.807) is 7.11 Å². The first-order valence-electron chi connectivity index (χ1n) is 6.17. The Balaban J connectivity index is 2.92. The Hall–Kier alpha value is -0.790. The number of hydrogen-bond donors (Lipinski definition) is 0. The van der Waals surface area contributed by atoms with E-state index >= 15 is 0 Å². The predicted molar refractivity (Wildman–Crippen MR) is 74.6 cm³/mol. The molecule has 0 N–H and O–H groups in total. The van der Waals surface area contributed by atoms with Crippen LogP contribution in [0.15, 0.2) is 24.3 Å². The molecule has 0 amide bonds. The van der Waals surface area contributed by atoms with Crippen molar-refractivity contribution in [1.82, 2.24) is 0 Å². The third-order valence-corrected chi connectivity index (χ3v) is 6.41. The fourth-order valence-electron chi connectivity index (χ4n) is 1.79. The van der Waals surface area contributed by atoms with E-state index < -0.39 is 7.72 Å². The fourth-order valence-corrected chi connectivity index (χ4v) is 4.15. The maximum absolute atomic E-state index is 6.15. The molecular weight excluding hydrogens is 235 g/mol. The van der Waals surface area contributed by atoms with Crippen molar-refractivity contribution in [2.24, 2.45) is 0 Å². The summed E-state index contributed by atoms with van der Waals surface area (Å²) in [5, 5.41) is 0. The van der Waals surface area contributed by atoms with Gasteiger partial charge in [-0.05, 0) is 0 Å². The Bertz CT molecular complexity index is 337. The molecule has 0 fully saturated rings. The van der Waals surface area contributed by atoms with Gasteiger partial charge in [0.2, 0.25) is 0 Å². The van der Waals surface area contributed by atoms with Crippen LogP contribution in [0.3, 0.4) is 0 Å². The van der Waals surface area contributed by atoms with Crippen molar-refractivity contribution in [3.05, 3.63) is 24.3 Å². The van der Waals surface area contributed by atoms with E-state index in [0.29, 0.717) is 6.61 Å². The molecule has 0 saturated heterocycles. The number of rotatable bonds is 7. The van der Waals surface area contributed by atoms with E-state index in [1.165, 1.54) is 0 Å². The summed E-state index contributed by atoms with van der Waals surface area (Å²) in [5.41, 5.74) is 0. The summed E-state index contributed by atoms with van der Waals surface area (Å²) >= 11 is 0. The summed E-state index contributed by atoms with van der Waals surface area (Å²) in [6.07, 6.45) is 1.88. The number of hydrogen-bond acceptors (Lipinski definition) is 3. The number of ether oxygens (including phenoxy) is 1. The van der Waals surface area contributed by atoms with E-state index in [-0.39, 0.29) is 0 Å². The molecular formula is C13H23O3P. The van der Waals surface area contributed by atoms with Crippen molar-refractivity contribution in [2.75, 3.05) is 26.0 Å². The van der Waals surface area contributed by atoms with Gasteiger partial charge in [0.25, 0.3) is 0 Å². The van der Waals surface area contributed by atoms with Gasteiger partial charge in [0.1, 0.15) is 0 Å². The zero-order valence-corrected chi connectivity index (χ0v) is 12.2. The van der Waals surface area contributed by atoms with Crippen LogP contribution in [0.2, 0.25) is 0 Å². The zero-order valence-electron chi connectivity index (χ0n) is 11.2. The standard InChI is InChI=1S/C13H23O3P/c1-5-15-17(6-2,7-3)16-13-11-9-8-10-12(13)14-4/h8-11,17H,5-7H2,1-4H3. The summed E-state index contributed by atoms with van der Waals surface area (Å²) in [5.74, 6) is 1.56. The maximum atomic E-state index is 6.15. The molecule has 0 aliphatic rings. The molecule has 0 heterocycles. The van der Waals surface area contributed by atoms with Gasteiger partial charge in [-0.25, -0.2) is 0 Å². The first-order valence-corrected chi connectivity index (χ1v) is 8.40. The molecule has 0 spiro atoms. The molecule has 98 valence electrons. The van der Waals surface area contributed by atoms with Crippen LogP contribution in [0.4, 0.5) is 0 Å². The molecule has 0 atom stereocenters. The van der Waals surface area contributed by atoms with Crippen LogP contribution in [-0.2, 0) is 4.52 Å². The molecule has 0 unspecified atom stereocenters. The van der Waals surface area contributed by atoms with Crippen LogP contribution in [0.5, 0.6) is 11.5 Å². The molecule has 0 radical (unpaired) electrons. The molecule has 0 saturated carbocycles. The average molecular weight is 258 g/mol. The van der Waals surface area contributed by atoms with E-state index in [9.17, 15) is 0 Å². The molecule has 1 rings (SSSR count). The van der Waals surface area contributed by atoms with Crippen molar-refractivity contribution in [2.45, 2.75) is 20.8 Å². The molecule has 0 bridgehead atoms. The first kappa shape index (κ1) is 14.3. The summed E-state index contributed by atoms with van der Waals surface area (Å²) in [7, 11) is -0.455. The molecule has 0 aliphatic carbocycles. The predicted octanol–water partition coefficient (Wildman–Crippen LogP) is 3.73. The van der Waals surface area contributed by atoms with Crippen LogP contribution in [-0.4, -0.2) is 26.0 Å². The quantitative estimate of drug-likeness (QED) is 0.697. The van der Waals surface area contributed by atoms with Crippen LogP contribution >= 0.6 is 7.72 Å². The Morgan fingerprint density at radius 3 is 2.06 bits per heavy atom. The van der Waals surface area contributed by atoms with Crippen molar-refractivity contribution in [1.29, 1.82) is 0 Å². The van der Waals surface area contributed by atoms with Gasteiger partial charge >= 0.3 is 104 Å². The second kappa shape index (κ2) is 6.83. The van der Waals surface area contributed by atoms with Gasteiger partial charge in [-0.1, -0.05) is 0 Å². The van der Waals surface area contributed by atoms with Crippen molar-refractivity contribution < 1.29 is 13.8 Å². The van der Waals surface area contributed by atoms with E-state index in [4.69, 9.17) is 13.8 Å². The summed E-state index contributed by atoms with van der Waals surface area (Å²) in [6.45, 7) is 6.96. The van der Waals surface area contributed by atoms with Crippen LogP contribution < -0.4 is 9.26 Å². The van der Waals surface area contributed by atoms with E-state index in [1.807, 2.05) is 31.2 Å². The van der Waals surface area contributed by atoms with Crippen LogP contribution in [0.25, 0.3) is 0 Å². The van der Waals surface area contributed by atoms with Crippen LogP contribution in [0, 0.1) is 0 Å². The fraction of sp³-hybridized carbons (Fsp3) is 0.538. The monoisotopic (exact) mass is 258 g/mol. The van der Waals surface area contributed by atoms with Gasteiger partial charge in [-0.3, -0.25) is 0 Å². The molecule has 17 heavy (non-hydrogen) atoms. The third kappa shape index (κ3) is 3.58. The van der Waals surface area contributed by atoms with Crippen molar-refractivity contribution in [3.63, 3.8) is 0 Å². The topological polar surface area (TPSA) is 27.7 Å².